The van der Waals surface area contributed by atoms with Gasteiger partial charge in [0.15, 0.2) is 5.82 Å². The molecule has 154 valence electrons. The summed E-state index contributed by atoms with van der Waals surface area (Å²) < 4.78 is 42.2. The number of nitrogens with zero attached hydrogens (tertiary/aromatic N) is 3. The van der Waals surface area contributed by atoms with Crippen LogP contribution in [0.25, 0.3) is 22.4 Å². The van der Waals surface area contributed by atoms with Crippen LogP contribution in [0.15, 0.2) is 72.0 Å². The summed E-state index contributed by atoms with van der Waals surface area (Å²) in [6.45, 7) is 2.49. The number of nitrogens with two attached hydrogens (primary N) is 1. The van der Waals surface area contributed by atoms with Crippen LogP contribution in [0, 0.1) is 17.5 Å². The minimum absolute atomic E-state index is 0.108. The van der Waals surface area contributed by atoms with Crippen LogP contribution in [-0.4, -0.2) is 14.8 Å². The molecule has 0 radical (unpaired) electrons. The number of nitrogen functional groups attached to an aromatic ring is 1. The summed E-state index contributed by atoms with van der Waals surface area (Å²) in [5.74, 6) is -1.72. The molecule has 0 aliphatic carbocycles. The molecule has 4 rings (SSSR count). The van der Waals surface area contributed by atoms with E-state index in [1.807, 2.05) is 6.92 Å². The van der Waals surface area contributed by atoms with E-state index in [4.69, 9.17) is 5.73 Å². The Bertz CT molecular complexity index is 1130. The average molecular weight is 428 g/mol. The van der Waals surface area contributed by atoms with Gasteiger partial charge in [-0.05, 0) is 55.0 Å². The molecule has 2 aromatic carbocycles. The summed E-state index contributed by atoms with van der Waals surface area (Å²) in [6.07, 6.45) is 5.00. The number of rotatable bonds is 3. The van der Waals surface area contributed by atoms with Crippen LogP contribution in [0.4, 0.5) is 18.9 Å². The maximum atomic E-state index is 14.3. The number of anilines is 1. The number of hydrogen-bond donors (Lipinski definition) is 2. The fourth-order valence-corrected chi connectivity index (χ4v) is 2.98. The summed E-state index contributed by atoms with van der Waals surface area (Å²) in [4.78, 5) is 4.61. The third-order valence-corrected chi connectivity index (χ3v) is 4.52. The molecular formula is C22H19F3N4S. The highest BCUT2D eigenvalue weighted by atomic mass is 32.1. The molecule has 2 N–H and O–H groups in total. The maximum Gasteiger partial charge on any atom is 0.158 e. The molecule has 0 aliphatic heterocycles. The molecule has 0 saturated heterocycles. The molecule has 4 nitrogen and oxygen atoms in total. The van der Waals surface area contributed by atoms with Crippen molar-refractivity contribution in [1.82, 2.24) is 14.8 Å². The number of aromatic nitrogens is 3. The van der Waals surface area contributed by atoms with Gasteiger partial charge in [0.1, 0.15) is 17.3 Å². The molecule has 0 aliphatic rings. The first kappa shape index (κ1) is 21.4. The van der Waals surface area contributed by atoms with Crippen LogP contribution in [0.1, 0.15) is 6.92 Å². The number of halogens is 3. The highest BCUT2D eigenvalue weighted by Crippen LogP contribution is 2.35. The van der Waals surface area contributed by atoms with Gasteiger partial charge in [0.25, 0.3) is 0 Å². The Labute approximate surface area is 177 Å². The lowest BCUT2D eigenvalue weighted by atomic mass is 10.0. The van der Waals surface area contributed by atoms with Gasteiger partial charge in [0.2, 0.25) is 0 Å². The number of benzene rings is 2. The van der Waals surface area contributed by atoms with Gasteiger partial charge >= 0.3 is 0 Å². The van der Waals surface area contributed by atoms with Crippen LogP contribution in [0.2, 0.25) is 0 Å². The Hall–Kier alpha value is -3.26. The zero-order valence-electron chi connectivity index (χ0n) is 16.1. The minimum atomic E-state index is -0.795. The molecule has 30 heavy (non-hydrogen) atoms. The van der Waals surface area contributed by atoms with Crippen molar-refractivity contribution in [2.45, 2.75) is 18.4 Å². The molecule has 0 spiro atoms. The number of hydrogen-bond acceptors (Lipinski definition) is 4. The number of thiol groups is 1. The normalized spacial score (nSPS) is 10.4. The van der Waals surface area contributed by atoms with Crippen LogP contribution in [0.3, 0.4) is 0 Å². The smallest absolute Gasteiger partial charge is 0.158 e. The third-order valence-electron chi connectivity index (χ3n) is 4.24. The van der Waals surface area contributed by atoms with Gasteiger partial charge in [0, 0.05) is 35.6 Å². The van der Waals surface area contributed by atoms with Gasteiger partial charge in [-0.3, -0.25) is 9.67 Å². The topological polar surface area (TPSA) is 56.7 Å². The Morgan fingerprint density at radius 2 is 1.77 bits per heavy atom. The molecule has 0 fully saturated rings. The van der Waals surface area contributed by atoms with E-state index in [0.717, 1.165) is 11.6 Å². The van der Waals surface area contributed by atoms with Gasteiger partial charge in [-0.25, -0.2) is 13.2 Å². The second-order valence-corrected chi connectivity index (χ2v) is 6.80. The van der Waals surface area contributed by atoms with Crippen molar-refractivity contribution in [2.75, 3.05) is 5.73 Å². The average Bonchev–Trinajstić information content (AvgIpc) is 3.16. The fraction of sp³-hybridized carbons (Fsp3) is 0.0909. The van der Waals surface area contributed by atoms with Crippen LogP contribution in [0.5, 0.6) is 0 Å². The first-order valence-electron chi connectivity index (χ1n) is 9.07. The Morgan fingerprint density at radius 1 is 1.03 bits per heavy atom. The second-order valence-electron chi connectivity index (χ2n) is 6.29. The van der Waals surface area contributed by atoms with Crippen molar-refractivity contribution in [1.29, 1.82) is 0 Å². The van der Waals surface area contributed by atoms with Gasteiger partial charge in [0.05, 0.1) is 11.3 Å². The van der Waals surface area contributed by atoms with E-state index in [9.17, 15) is 13.2 Å². The van der Waals surface area contributed by atoms with E-state index in [2.05, 4.69) is 22.7 Å². The van der Waals surface area contributed by atoms with E-state index in [1.54, 1.807) is 47.5 Å². The highest BCUT2D eigenvalue weighted by molar-refractivity contribution is 7.80. The van der Waals surface area contributed by atoms with Crippen molar-refractivity contribution in [3.05, 3.63) is 84.6 Å². The van der Waals surface area contributed by atoms with Crippen molar-refractivity contribution >= 4 is 18.3 Å². The van der Waals surface area contributed by atoms with Crippen molar-refractivity contribution in [3.8, 4) is 22.4 Å². The molecule has 0 atom stereocenters. The molecule has 0 bridgehead atoms. The van der Waals surface area contributed by atoms with E-state index in [1.165, 1.54) is 18.2 Å². The largest absolute Gasteiger partial charge is 0.396 e. The summed E-state index contributed by atoms with van der Waals surface area (Å²) in [5.41, 5.74) is 6.90. The fourth-order valence-electron chi connectivity index (χ4n) is 2.77. The molecular weight excluding hydrogens is 409 g/mol. The summed E-state index contributed by atoms with van der Waals surface area (Å²) >= 11 is 3.91. The second kappa shape index (κ2) is 9.49. The van der Waals surface area contributed by atoms with Crippen LogP contribution < -0.4 is 5.73 Å². The Balaban J connectivity index is 0.000000269. The predicted molar refractivity (Wildman–Crippen MR) is 115 cm³/mol. The minimum Gasteiger partial charge on any atom is -0.396 e. The molecule has 2 aromatic heterocycles. The summed E-state index contributed by atoms with van der Waals surface area (Å²) in [6, 6.07) is 12.0. The molecule has 0 unspecified atom stereocenters. The predicted octanol–water partition coefficient (Wildman–Crippen LogP) is 5.61. The summed E-state index contributed by atoms with van der Waals surface area (Å²) in [7, 11) is 0. The van der Waals surface area contributed by atoms with E-state index in [0.29, 0.717) is 17.0 Å². The highest BCUT2D eigenvalue weighted by Gasteiger charge is 2.21. The molecule has 8 heteroatoms. The third kappa shape index (κ3) is 4.83. The van der Waals surface area contributed by atoms with E-state index in [-0.39, 0.29) is 22.8 Å². The Morgan fingerprint density at radius 3 is 2.37 bits per heavy atom. The summed E-state index contributed by atoms with van der Waals surface area (Å²) in [5, 5.41) is 4.30. The molecule has 4 aromatic rings. The van der Waals surface area contributed by atoms with Crippen molar-refractivity contribution in [3.63, 3.8) is 0 Å². The van der Waals surface area contributed by atoms with Gasteiger partial charge in [-0.1, -0.05) is 6.07 Å². The monoisotopic (exact) mass is 428 g/mol. The Kier molecular flexibility index (Phi) is 6.79. The van der Waals surface area contributed by atoms with Crippen LogP contribution in [-0.2, 0) is 6.54 Å². The van der Waals surface area contributed by atoms with Crippen molar-refractivity contribution < 1.29 is 13.2 Å². The lowest BCUT2D eigenvalue weighted by Gasteiger charge is -2.07. The first-order chi connectivity index (χ1) is 14.4. The van der Waals surface area contributed by atoms with Gasteiger partial charge < -0.3 is 5.73 Å². The molecule has 0 saturated carbocycles. The first-order valence-corrected chi connectivity index (χ1v) is 9.51. The molecule has 2 heterocycles. The van der Waals surface area contributed by atoms with Crippen LogP contribution >= 0.6 is 12.6 Å². The quantitative estimate of drug-likeness (QED) is 0.330. The number of aryl methyl sites for hydroxylation is 1. The van der Waals surface area contributed by atoms with E-state index >= 15 is 0 Å². The number of pyridine rings is 1. The maximum absolute atomic E-state index is 14.3. The van der Waals surface area contributed by atoms with Gasteiger partial charge in [-0.2, -0.15) is 5.10 Å². The molecule has 0 amide bonds. The van der Waals surface area contributed by atoms with E-state index < -0.39 is 11.6 Å². The van der Waals surface area contributed by atoms with Gasteiger partial charge in [-0.15, -0.1) is 12.6 Å². The SMILES string of the molecule is CCn1cc(-c2ccncc2)c(-c2c(F)ccc(N)c2F)n1.Fc1cccc(S)c1. The zero-order valence-corrected chi connectivity index (χ0v) is 17.0. The zero-order chi connectivity index (χ0) is 21.7. The lowest BCUT2D eigenvalue weighted by Crippen LogP contribution is -1.99. The standard InChI is InChI=1S/C16H14F2N4.C6H5FS/c1-2-22-9-11(10-5-7-20-8-6-10)16(21-22)14-12(17)3-4-13(19)15(14)18;7-5-2-1-3-6(8)4-5/h3-9H,2,19H2,1H3;1-4,8H. The lowest BCUT2D eigenvalue weighted by molar-refractivity contribution is 0.589. The van der Waals surface area contributed by atoms with Crippen molar-refractivity contribution in [2.24, 2.45) is 0 Å².